The topological polar surface area (TPSA) is 66.4 Å². The van der Waals surface area contributed by atoms with Crippen LogP contribution < -0.4 is 5.32 Å². The van der Waals surface area contributed by atoms with Crippen molar-refractivity contribution in [3.63, 3.8) is 0 Å². The van der Waals surface area contributed by atoms with Crippen LogP contribution in [0.2, 0.25) is 5.02 Å². The van der Waals surface area contributed by atoms with Crippen LogP contribution in [0.25, 0.3) is 0 Å². The summed E-state index contributed by atoms with van der Waals surface area (Å²) in [5.74, 6) is -1.000. The van der Waals surface area contributed by atoms with Crippen LogP contribution in [0, 0.1) is 5.41 Å². The molecule has 1 aromatic rings. The van der Waals surface area contributed by atoms with E-state index in [1.165, 1.54) is 0 Å². The normalized spacial score (nSPS) is 20.8. The van der Waals surface area contributed by atoms with Gasteiger partial charge in [0.2, 0.25) is 5.91 Å². The fraction of sp³-hybridized carbons (Fsp3) is 0.529. The van der Waals surface area contributed by atoms with Crippen molar-refractivity contribution in [2.24, 2.45) is 5.41 Å². The van der Waals surface area contributed by atoms with Gasteiger partial charge in [0.1, 0.15) is 0 Å². The van der Waals surface area contributed by atoms with E-state index in [2.05, 4.69) is 5.32 Å². The highest BCUT2D eigenvalue weighted by Gasteiger charge is 2.47. The third kappa shape index (κ3) is 2.84. The molecule has 0 bridgehead atoms. The summed E-state index contributed by atoms with van der Waals surface area (Å²) in [6.07, 6.45) is 4.25. The van der Waals surface area contributed by atoms with Crippen LogP contribution in [0.3, 0.4) is 0 Å². The van der Waals surface area contributed by atoms with Crippen molar-refractivity contribution in [2.75, 3.05) is 6.54 Å². The average molecular weight is 322 g/mol. The van der Waals surface area contributed by atoms with E-state index in [1.807, 2.05) is 24.3 Å². The third-order valence-electron chi connectivity index (χ3n) is 5.18. The zero-order chi connectivity index (χ0) is 15.8. The molecule has 2 aliphatic carbocycles. The molecule has 0 heterocycles. The van der Waals surface area contributed by atoms with E-state index in [-0.39, 0.29) is 17.7 Å². The van der Waals surface area contributed by atoms with E-state index in [0.29, 0.717) is 24.4 Å². The molecule has 118 valence electrons. The molecular formula is C17H20ClNO3. The van der Waals surface area contributed by atoms with Crippen LogP contribution >= 0.6 is 11.6 Å². The summed E-state index contributed by atoms with van der Waals surface area (Å²) in [4.78, 5) is 23.4. The second-order valence-corrected chi connectivity index (χ2v) is 7.12. The summed E-state index contributed by atoms with van der Waals surface area (Å²) >= 11 is 6.04. The number of benzene rings is 1. The van der Waals surface area contributed by atoms with Crippen LogP contribution in [-0.2, 0) is 15.0 Å². The maximum Gasteiger partial charge on any atom is 0.310 e. The first kappa shape index (κ1) is 15.3. The molecule has 2 saturated carbocycles. The molecule has 0 aliphatic heterocycles. The van der Waals surface area contributed by atoms with Gasteiger partial charge >= 0.3 is 5.97 Å². The Bertz CT molecular complexity index is 606. The average Bonchev–Trinajstić information content (AvgIpc) is 3.21. The van der Waals surface area contributed by atoms with Crippen molar-refractivity contribution in [3.05, 3.63) is 34.9 Å². The van der Waals surface area contributed by atoms with Gasteiger partial charge in [-0.25, -0.2) is 0 Å². The zero-order valence-electron chi connectivity index (χ0n) is 12.4. The summed E-state index contributed by atoms with van der Waals surface area (Å²) in [7, 11) is 0. The Kier molecular flexibility index (Phi) is 3.89. The summed E-state index contributed by atoms with van der Waals surface area (Å²) in [5.41, 5.74) is 0.310. The largest absolute Gasteiger partial charge is 0.481 e. The lowest BCUT2D eigenvalue weighted by Gasteiger charge is -2.37. The molecule has 0 unspecified atom stereocenters. The van der Waals surface area contributed by atoms with Crippen LogP contribution in [0.15, 0.2) is 24.3 Å². The molecule has 1 aromatic carbocycles. The monoisotopic (exact) mass is 321 g/mol. The Morgan fingerprint density at radius 1 is 1.23 bits per heavy atom. The minimum Gasteiger partial charge on any atom is -0.481 e. The highest BCUT2D eigenvalue weighted by atomic mass is 35.5. The van der Waals surface area contributed by atoms with Gasteiger partial charge in [0.15, 0.2) is 0 Å². The molecule has 2 N–H and O–H groups in total. The van der Waals surface area contributed by atoms with Crippen molar-refractivity contribution in [1.82, 2.24) is 5.32 Å². The fourth-order valence-electron chi connectivity index (χ4n) is 3.24. The van der Waals surface area contributed by atoms with E-state index in [0.717, 1.165) is 24.8 Å². The quantitative estimate of drug-likeness (QED) is 0.846. The molecule has 0 radical (unpaired) electrons. The van der Waals surface area contributed by atoms with Gasteiger partial charge in [-0.15, -0.1) is 0 Å². The number of nitrogens with one attached hydrogen (secondary N) is 1. The first-order valence-corrected chi connectivity index (χ1v) is 8.10. The van der Waals surface area contributed by atoms with E-state index >= 15 is 0 Å². The Labute approximate surface area is 134 Å². The molecule has 22 heavy (non-hydrogen) atoms. The lowest BCUT2D eigenvalue weighted by atomic mass is 9.66. The second-order valence-electron chi connectivity index (χ2n) is 6.68. The van der Waals surface area contributed by atoms with Crippen LogP contribution in [0.5, 0.6) is 0 Å². The third-order valence-corrected chi connectivity index (χ3v) is 5.41. The molecular weight excluding hydrogens is 302 g/mol. The smallest absolute Gasteiger partial charge is 0.310 e. The van der Waals surface area contributed by atoms with Crippen LogP contribution in [-0.4, -0.2) is 23.5 Å². The van der Waals surface area contributed by atoms with Gasteiger partial charge in [0.05, 0.1) is 5.41 Å². The molecule has 0 aromatic heterocycles. The summed E-state index contributed by atoms with van der Waals surface area (Å²) < 4.78 is 0. The molecule has 3 rings (SSSR count). The van der Waals surface area contributed by atoms with E-state index in [1.54, 1.807) is 0 Å². The number of carboxylic acids is 1. The van der Waals surface area contributed by atoms with Gasteiger partial charge in [0.25, 0.3) is 0 Å². The highest BCUT2D eigenvalue weighted by Crippen LogP contribution is 2.48. The van der Waals surface area contributed by atoms with Gasteiger partial charge < -0.3 is 10.4 Å². The minimum absolute atomic E-state index is 0.0173. The summed E-state index contributed by atoms with van der Waals surface area (Å²) in [6, 6.07) is 7.75. The SMILES string of the molecule is O=C(CC1(C(=O)O)CCC1)NCC1(c2cccc(Cl)c2)CC1. The Morgan fingerprint density at radius 3 is 2.45 bits per heavy atom. The van der Waals surface area contributed by atoms with Gasteiger partial charge in [0, 0.05) is 23.4 Å². The molecule has 0 saturated heterocycles. The number of carbonyl (C=O) groups excluding carboxylic acids is 1. The van der Waals surface area contributed by atoms with Crippen molar-refractivity contribution in [3.8, 4) is 0 Å². The minimum atomic E-state index is -0.843. The Morgan fingerprint density at radius 2 is 1.95 bits per heavy atom. The lowest BCUT2D eigenvalue weighted by molar-refractivity contribution is -0.157. The predicted molar refractivity (Wildman–Crippen MR) is 83.9 cm³/mol. The number of hydrogen-bond acceptors (Lipinski definition) is 2. The van der Waals surface area contributed by atoms with E-state index < -0.39 is 11.4 Å². The maximum atomic E-state index is 12.1. The van der Waals surface area contributed by atoms with E-state index in [9.17, 15) is 14.7 Å². The lowest BCUT2D eigenvalue weighted by Crippen LogP contribution is -2.43. The van der Waals surface area contributed by atoms with Gasteiger partial charge in [-0.3, -0.25) is 9.59 Å². The standard InChI is InChI=1S/C17H20ClNO3/c18-13-4-1-3-12(9-13)17(7-8-17)11-19-14(20)10-16(15(21)22)5-2-6-16/h1,3-4,9H,2,5-8,10-11H2,(H,19,20)(H,21,22). The fourth-order valence-corrected chi connectivity index (χ4v) is 3.43. The number of halogens is 1. The zero-order valence-corrected chi connectivity index (χ0v) is 13.2. The molecule has 4 nitrogen and oxygen atoms in total. The van der Waals surface area contributed by atoms with Crippen molar-refractivity contribution in [2.45, 2.75) is 43.9 Å². The molecule has 0 spiro atoms. The van der Waals surface area contributed by atoms with Gasteiger partial charge in [-0.2, -0.15) is 0 Å². The molecule has 2 aliphatic rings. The van der Waals surface area contributed by atoms with E-state index in [4.69, 9.17) is 11.6 Å². The Balaban J connectivity index is 1.58. The predicted octanol–water partition coefficient (Wildman–Crippen LogP) is 3.13. The van der Waals surface area contributed by atoms with Crippen molar-refractivity contribution >= 4 is 23.5 Å². The Hall–Kier alpha value is -1.55. The van der Waals surface area contributed by atoms with Crippen molar-refractivity contribution < 1.29 is 14.7 Å². The number of amides is 1. The molecule has 2 fully saturated rings. The molecule has 5 heteroatoms. The van der Waals surface area contributed by atoms with Gasteiger partial charge in [-0.05, 0) is 43.4 Å². The number of hydrogen-bond donors (Lipinski definition) is 2. The number of carbonyl (C=O) groups is 2. The van der Waals surface area contributed by atoms with Crippen LogP contribution in [0.1, 0.15) is 44.1 Å². The van der Waals surface area contributed by atoms with Crippen molar-refractivity contribution in [1.29, 1.82) is 0 Å². The van der Waals surface area contributed by atoms with Gasteiger partial charge in [-0.1, -0.05) is 30.2 Å². The molecule has 0 atom stereocenters. The second kappa shape index (κ2) is 5.58. The number of carboxylic acid groups (broad SMARTS) is 1. The molecule has 1 amide bonds. The summed E-state index contributed by atoms with van der Waals surface area (Å²) in [5, 5.41) is 12.9. The highest BCUT2D eigenvalue weighted by molar-refractivity contribution is 6.30. The maximum absolute atomic E-state index is 12.1. The first-order valence-electron chi connectivity index (χ1n) is 7.72. The number of aliphatic carboxylic acids is 1. The van der Waals surface area contributed by atoms with Crippen LogP contribution in [0.4, 0.5) is 0 Å². The number of rotatable bonds is 6. The summed E-state index contributed by atoms with van der Waals surface area (Å²) in [6.45, 7) is 0.557. The first-order chi connectivity index (χ1) is 10.5.